The molecule has 0 aromatic carbocycles. The molecule has 0 aliphatic carbocycles. The summed E-state index contributed by atoms with van der Waals surface area (Å²) in [5.74, 6) is 0. The van der Waals surface area contributed by atoms with Gasteiger partial charge < -0.3 is 9.64 Å². The van der Waals surface area contributed by atoms with Crippen molar-refractivity contribution in [2.45, 2.75) is 50.8 Å². The summed E-state index contributed by atoms with van der Waals surface area (Å²) >= 11 is 0. The van der Waals surface area contributed by atoms with Crippen molar-refractivity contribution in [3.8, 4) is 0 Å². The van der Waals surface area contributed by atoms with Crippen LogP contribution in [0.1, 0.15) is 40.0 Å². The summed E-state index contributed by atoms with van der Waals surface area (Å²) in [5.41, 5.74) is 0. The zero-order chi connectivity index (χ0) is 15.2. The topological polar surface area (TPSA) is 59.0 Å². The van der Waals surface area contributed by atoms with Crippen LogP contribution in [0.15, 0.2) is 17.1 Å². The Labute approximate surface area is 123 Å². The van der Waals surface area contributed by atoms with E-state index in [1.807, 2.05) is 20.8 Å². The molecule has 6 heteroatoms. The van der Waals surface area contributed by atoms with Gasteiger partial charge in [0.2, 0.25) is 0 Å². The first kappa shape index (κ1) is 16.9. The molecule has 20 heavy (non-hydrogen) atoms. The standard InChI is InChI=1S/C14H24N2O3S/c1-5-10-19-13(17)16-9-7-6-8-12(16)11-15-20(18)14(2,3)4/h5,11-12H,1,6-10H2,2-4H3/t12-,20+/m0/s1. The van der Waals surface area contributed by atoms with E-state index in [9.17, 15) is 9.00 Å². The van der Waals surface area contributed by atoms with Gasteiger partial charge in [-0.2, -0.15) is 4.40 Å². The van der Waals surface area contributed by atoms with E-state index in [1.165, 1.54) is 0 Å². The molecule has 2 atom stereocenters. The van der Waals surface area contributed by atoms with Gasteiger partial charge in [-0.1, -0.05) is 12.7 Å². The van der Waals surface area contributed by atoms with E-state index in [1.54, 1.807) is 17.2 Å². The maximum absolute atomic E-state index is 11.9. The lowest BCUT2D eigenvalue weighted by Crippen LogP contribution is -2.45. The van der Waals surface area contributed by atoms with Crippen molar-refractivity contribution in [1.82, 2.24) is 4.90 Å². The first-order chi connectivity index (χ1) is 9.36. The second-order valence-corrected chi connectivity index (χ2v) is 7.67. The van der Waals surface area contributed by atoms with Crippen molar-refractivity contribution in [3.05, 3.63) is 12.7 Å². The lowest BCUT2D eigenvalue weighted by molar-refractivity contribution is 0.0958. The highest BCUT2D eigenvalue weighted by Crippen LogP contribution is 2.18. The molecule has 0 bridgehead atoms. The Balaban J connectivity index is 2.69. The Morgan fingerprint density at radius 1 is 1.50 bits per heavy atom. The normalized spacial score (nSPS) is 21.8. The van der Waals surface area contributed by atoms with Crippen LogP contribution < -0.4 is 0 Å². The zero-order valence-corrected chi connectivity index (χ0v) is 13.3. The van der Waals surface area contributed by atoms with Crippen LogP contribution in [-0.4, -0.2) is 45.4 Å². The van der Waals surface area contributed by atoms with Gasteiger partial charge in [0, 0.05) is 12.8 Å². The molecule has 1 amide bonds. The highest BCUT2D eigenvalue weighted by molar-refractivity contribution is 7.85. The third kappa shape index (κ3) is 5.07. The molecule has 1 heterocycles. The molecule has 1 fully saturated rings. The number of likely N-dealkylation sites (tertiary alicyclic amines) is 1. The van der Waals surface area contributed by atoms with Crippen LogP contribution in [-0.2, 0) is 15.7 Å². The molecule has 0 aromatic heterocycles. The summed E-state index contributed by atoms with van der Waals surface area (Å²) in [6.07, 6.45) is 5.63. The number of hydrogen-bond donors (Lipinski definition) is 0. The number of carbonyl (C=O) groups is 1. The lowest BCUT2D eigenvalue weighted by Gasteiger charge is -2.32. The molecule has 0 radical (unpaired) electrons. The molecule has 0 saturated carbocycles. The largest absolute Gasteiger partial charge is 0.445 e. The molecule has 0 aromatic rings. The van der Waals surface area contributed by atoms with Crippen molar-refractivity contribution >= 4 is 23.3 Å². The average Bonchev–Trinajstić information content (AvgIpc) is 2.41. The Bertz CT molecular complexity index is 402. The number of rotatable bonds is 4. The molecule has 1 saturated heterocycles. The number of carbonyl (C=O) groups excluding carboxylic acids is 1. The third-order valence-corrected chi connectivity index (χ3v) is 4.32. The molecular formula is C14H24N2O3S. The van der Waals surface area contributed by atoms with Crippen molar-refractivity contribution < 1.29 is 13.7 Å². The van der Waals surface area contributed by atoms with Gasteiger partial charge in [-0.3, -0.25) is 0 Å². The quantitative estimate of drug-likeness (QED) is 0.592. The lowest BCUT2D eigenvalue weighted by atomic mass is 10.0. The van der Waals surface area contributed by atoms with Crippen LogP contribution in [0.2, 0.25) is 0 Å². The van der Waals surface area contributed by atoms with Crippen LogP contribution in [0.3, 0.4) is 0 Å². The Morgan fingerprint density at radius 3 is 2.80 bits per heavy atom. The van der Waals surface area contributed by atoms with Gasteiger partial charge in [0.05, 0.1) is 10.8 Å². The zero-order valence-electron chi connectivity index (χ0n) is 12.5. The smallest absolute Gasteiger partial charge is 0.410 e. The monoisotopic (exact) mass is 300 g/mol. The average molecular weight is 300 g/mol. The number of nitrogens with zero attached hydrogens (tertiary/aromatic N) is 2. The van der Waals surface area contributed by atoms with Gasteiger partial charge in [0.1, 0.15) is 17.6 Å². The summed E-state index contributed by atoms with van der Waals surface area (Å²) in [7, 11) is -1.30. The first-order valence-corrected chi connectivity index (χ1v) is 7.97. The second-order valence-electron chi connectivity index (χ2n) is 5.74. The van der Waals surface area contributed by atoms with Crippen LogP contribution in [0.5, 0.6) is 0 Å². The predicted molar refractivity (Wildman–Crippen MR) is 82.3 cm³/mol. The van der Waals surface area contributed by atoms with Crippen LogP contribution >= 0.6 is 0 Å². The van der Waals surface area contributed by atoms with Gasteiger partial charge in [0.25, 0.3) is 0 Å². The van der Waals surface area contributed by atoms with E-state index in [0.29, 0.717) is 6.54 Å². The van der Waals surface area contributed by atoms with Crippen molar-refractivity contribution in [2.75, 3.05) is 13.2 Å². The van der Waals surface area contributed by atoms with Gasteiger partial charge in [-0.25, -0.2) is 9.00 Å². The SMILES string of the molecule is C=CCOC(=O)N1CCCC[C@H]1C=N[S@](=O)C(C)(C)C. The molecule has 0 spiro atoms. The van der Waals surface area contributed by atoms with E-state index < -0.39 is 11.0 Å². The highest BCUT2D eigenvalue weighted by Gasteiger charge is 2.27. The summed E-state index contributed by atoms with van der Waals surface area (Å²) in [4.78, 5) is 13.6. The summed E-state index contributed by atoms with van der Waals surface area (Å²) in [6.45, 7) is 9.99. The summed E-state index contributed by atoms with van der Waals surface area (Å²) < 4.78 is 20.7. The van der Waals surface area contributed by atoms with Gasteiger partial charge in [-0.05, 0) is 40.0 Å². The minimum absolute atomic E-state index is 0.132. The van der Waals surface area contributed by atoms with E-state index in [2.05, 4.69) is 11.0 Å². The second kappa shape index (κ2) is 7.57. The molecule has 114 valence electrons. The Kier molecular flexibility index (Phi) is 6.39. The molecular weight excluding hydrogens is 276 g/mol. The molecule has 0 unspecified atom stereocenters. The minimum atomic E-state index is -1.30. The molecule has 1 aliphatic heterocycles. The minimum Gasteiger partial charge on any atom is -0.445 e. The van der Waals surface area contributed by atoms with Gasteiger partial charge in [-0.15, -0.1) is 0 Å². The number of ether oxygens (including phenoxy) is 1. The maximum atomic E-state index is 11.9. The van der Waals surface area contributed by atoms with Crippen LogP contribution in [0, 0.1) is 0 Å². The summed E-state index contributed by atoms with van der Waals surface area (Å²) in [5, 5.41) is 0. The van der Waals surface area contributed by atoms with Crippen molar-refractivity contribution in [2.24, 2.45) is 4.40 Å². The van der Waals surface area contributed by atoms with Crippen molar-refractivity contribution in [1.29, 1.82) is 0 Å². The van der Waals surface area contributed by atoms with Gasteiger partial charge in [0.15, 0.2) is 0 Å². The number of amides is 1. The fourth-order valence-electron chi connectivity index (χ4n) is 1.84. The first-order valence-electron chi connectivity index (χ1n) is 6.86. The molecule has 5 nitrogen and oxygen atoms in total. The van der Waals surface area contributed by atoms with E-state index in [0.717, 1.165) is 19.3 Å². The van der Waals surface area contributed by atoms with E-state index in [-0.39, 0.29) is 23.5 Å². The van der Waals surface area contributed by atoms with Crippen LogP contribution in [0.25, 0.3) is 0 Å². The fourth-order valence-corrected chi connectivity index (χ4v) is 2.40. The fraction of sp³-hybridized carbons (Fsp3) is 0.714. The molecule has 1 aliphatic rings. The Hall–Kier alpha value is -1.17. The van der Waals surface area contributed by atoms with Crippen molar-refractivity contribution in [3.63, 3.8) is 0 Å². The highest BCUT2D eigenvalue weighted by atomic mass is 32.2. The van der Waals surface area contributed by atoms with E-state index in [4.69, 9.17) is 4.74 Å². The van der Waals surface area contributed by atoms with Gasteiger partial charge >= 0.3 is 6.09 Å². The third-order valence-electron chi connectivity index (χ3n) is 2.96. The number of hydrogen-bond acceptors (Lipinski definition) is 3. The predicted octanol–water partition coefficient (Wildman–Crippen LogP) is 2.70. The summed E-state index contributed by atoms with van der Waals surface area (Å²) in [6, 6.07) is -0.132. The Morgan fingerprint density at radius 2 is 2.20 bits per heavy atom. The molecule has 0 N–H and O–H groups in total. The van der Waals surface area contributed by atoms with E-state index >= 15 is 0 Å². The number of piperidine rings is 1. The molecule has 1 rings (SSSR count). The maximum Gasteiger partial charge on any atom is 0.410 e. The van der Waals surface area contributed by atoms with Crippen LogP contribution in [0.4, 0.5) is 4.79 Å².